The fourth-order valence-electron chi connectivity index (χ4n) is 1.96. The largest absolute Gasteiger partial charge is 0.434 e. The molecule has 0 aliphatic heterocycles. The number of hydrogen-bond donors (Lipinski definition) is 0. The zero-order valence-electron chi connectivity index (χ0n) is 12.2. The van der Waals surface area contributed by atoms with E-state index in [1.54, 1.807) is 7.05 Å². The lowest BCUT2D eigenvalue weighted by Crippen LogP contribution is -2.19. The third-order valence-corrected chi connectivity index (χ3v) is 6.41. The predicted molar refractivity (Wildman–Crippen MR) is 85.6 cm³/mol. The van der Waals surface area contributed by atoms with E-state index in [4.69, 9.17) is 0 Å². The molecule has 0 bridgehead atoms. The van der Waals surface area contributed by atoms with E-state index in [1.165, 1.54) is 15.9 Å². The number of thiophene rings is 1. The predicted octanol–water partition coefficient (Wildman–Crippen LogP) is 4.24. The maximum absolute atomic E-state index is 12.6. The first-order valence-corrected chi connectivity index (χ1v) is 8.87. The number of thiazole rings is 1. The molecule has 0 N–H and O–H groups in total. The van der Waals surface area contributed by atoms with E-state index in [0.29, 0.717) is 15.4 Å². The Morgan fingerprint density at radius 3 is 2.57 bits per heavy atom. The third kappa shape index (κ3) is 2.90. The number of halogens is 3. The molecule has 0 fully saturated rings. The summed E-state index contributed by atoms with van der Waals surface area (Å²) in [7, 11) is 1.56. The maximum Gasteiger partial charge on any atom is 0.434 e. The molecule has 0 aliphatic carbocycles. The highest BCUT2D eigenvalue weighted by Crippen LogP contribution is 2.36. The molecule has 0 unspecified atom stereocenters. The van der Waals surface area contributed by atoms with Gasteiger partial charge in [-0.05, 0) is 31.2 Å². The zero-order valence-corrected chi connectivity index (χ0v) is 14.6. The van der Waals surface area contributed by atoms with Crippen molar-refractivity contribution in [1.29, 1.82) is 0 Å². The molecule has 10 heteroatoms. The van der Waals surface area contributed by atoms with Gasteiger partial charge in [0.1, 0.15) is 4.83 Å². The Hall–Kier alpha value is -1.39. The summed E-state index contributed by atoms with van der Waals surface area (Å²) < 4.78 is 39.4. The van der Waals surface area contributed by atoms with Crippen molar-refractivity contribution < 1.29 is 13.2 Å². The summed E-state index contributed by atoms with van der Waals surface area (Å²) in [6.07, 6.45) is -4.47. The van der Waals surface area contributed by atoms with Crippen molar-refractivity contribution in [3.05, 3.63) is 31.9 Å². The van der Waals surface area contributed by atoms with Crippen LogP contribution in [-0.2, 0) is 13.2 Å². The smallest absolute Gasteiger partial charge is 0.290 e. The molecule has 0 saturated carbocycles. The number of nitrogens with zero attached hydrogens (tertiary/aromatic N) is 3. The SMILES string of the molecule is Cc1sc2nc(Sc3nc(C(F)(F)F)cs3)n(C)c(=O)c2c1C. The van der Waals surface area contributed by atoms with E-state index < -0.39 is 11.9 Å². The number of aromatic nitrogens is 3. The third-order valence-electron chi connectivity index (χ3n) is 3.32. The summed E-state index contributed by atoms with van der Waals surface area (Å²) >= 11 is 3.24. The molecule has 122 valence electrons. The summed E-state index contributed by atoms with van der Waals surface area (Å²) in [5.74, 6) is 0. The van der Waals surface area contributed by atoms with Gasteiger partial charge in [0, 0.05) is 17.3 Å². The molecule has 23 heavy (non-hydrogen) atoms. The Morgan fingerprint density at radius 2 is 1.96 bits per heavy atom. The Balaban J connectivity index is 2.05. The molecule has 0 aliphatic rings. The van der Waals surface area contributed by atoms with Gasteiger partial charge in [-0.2, -0.15) is 13.2 Å². The van der Waals surface area contributed by atoms with E-state index >= 15 is 0 Å². The summed E-state index contributed by atoms with van der Waals surface area (Å²) in [5.41, 5.74) is -0.242. The van der Waals surface area contributed by atoms with E-state index in [1.807, 2.05) is 13.8 Å². The van der Waals surface area contributed by atoms with Crippen LogP contribution in [0.3, 0.4) is 0 Å². The lowest BCUT2D eigenvalue weighted by molar-refractivity contribution is -0.141. The van der Waals surface area contributed by atoms with Crippen LogP contribution in [0.4, 0.5) is 13.2 Å². The first-order valence-electron chi connectivity index (χ1n) is 6.35. The van der Waals surface area contributed by atoms with Gasteiger partial charge in [-0.25, -0.2) is 9.97 Å². The summed E-state index contributed by atoms with van der Waals surface area (Å²) in [4.78, 5) is 22.0. The van der Waals surface area contributed by atoms with Crippen molar-refractivity contribution in [1.82, 2.24) is 14.5 Å². The van der Waals surface area contributed by atoms with Crippen molar-refractivity contribution in [2.24, 2.45) is 7.05 Å². The highest BCUT2D eigenvalue weighted by molar-refractivity contribution is 8.00. The summed E-state index contributed by atoms with van der Waals surface area (Å²) in [5, 5.41) is 1.85. The van der Waals surface area contributed by atoms with Crippen LogP contribution in [0.15, 0.2) is 19.7 Å². The molecule has 0 atom stereocenters. The van der Waals surface area contributed by atoms with Gasteiger partial charge in [0.05, 0.1) is 5.39 Å². The van der Waals surface area contributed by atoms with Gasteiger partial charge in [0.2, 0.25) is 0 Å². The van der Waals surface area contributed by atoms with Gasteiger partial charge in [0.25, 0.3) is 5.56 Å². The molecular weight excluding hydrogens is 367 g/mol. The second-order valence-corrected chi connectivity index (χ2v) is 8.10. The fraction of sp³-hybridized carbons (Fsp3) is 0.308. The average molecular weight is 377 g/mol. The molecule has 0 amide bonds. The second-order valence-electron chi connectivity index (χ2n) is 4.82. The van der Waals surface area contributed by atoms with Crippen LogP contribution in [0.2, 0.25) is 0 Å². The highest BCUT2D eigenvalue weighted by Gasteiger charge is 2.34. The first kappa shape index (κ1) is 16.5. The molecular formula is C13H10F3N3OS3. The van der Waals surface area contributed by atoms with Crippen LogP contribution in [0, 0.1) is 13.8 Å². The minimum Gasteiger partial charge on any atom is -0.290 e. The molecule has 0 saturated heterocycles. The molecule has 3 aromatic rings. The second kappa shape index (κ2) is 5.60. The number of rotatable bonds is 2. The van der Waals surface area contributed by atoms with E-state index in [9.17, 15) is 18.0 Å². The normalized spacial score (nSPS) is 12.3. The first-order chi connectivity index (χ1) is 10.7. The number of fused-ring (bicyclic) bond motifs is 1. The van der Waals surface area contributed by atoms with Crippen molar-refractivity contribution in [2.75, 3.05) is 0 Å². The Kier molecular flexibility index (Phi) is 4.01. The van der Waals surface area contributed by atoms with Crippen LogP contribution >= 0.6 is 34.4 Å². The molecule has 3 aromatic heterocycles. The molecule has 3 heterocycles. The zero-order chi connectivity index (χ0) is 16.9. The van der Waals surface area contributed by atoms with E-state index in [0.717, 1.165) is 38.9 Å². The quantitative estimate of drug-likeness (QED) is 0.627. The standard InChI is InChI=1S/C13H10F3N3OS3/c1-5-6(2)22-9-8(5)10(20)19(3)11(18-9)23-12-17-7(4-21-12)13(14,15)16/h4H,1-3H3. The minimum atomic E-state index is -4.47. The van der Waals surface area contributed by atoms with E-state index in [-0.39, 0.29) is 9.90 Å². The highest BCUT2D eigenvalue weighted by atomic mass is 32.2. The van der Waals surface area contributed by atoms with Gasteiger partial charge in [-0.15, -0.1) is 22.7 Å². The number of aryl methyl sites for hydroxylation is 2. The molecule has 0 radical (unpaired) electrons. The van der Waals surface area contributed by atoms with Gasteiger partial charge >= 0.3 is 6.18 Å². The summed E-state index contributed by atoms with van der Waals surface area (Å²) in [6.45, 7) is 3.77. The van der Waals surface area contributed by atoms with Crippen LogP contribution in [0.25, 0.3) is 10.2 Å². The summed E-state index contributed by atoms with van der Waals surface area (Å²) in [6, 6.07) is 0. The van der Waals surface area contributed by atoms with Crippen LogP contribution < -0.4 is 5.56 Å². The van der Waals surface area contributed by atoms with E-state index in [2.05, 4.69) is 9.97 Å². The van der Waals surface area contributed by atoms with Crippen molar-refractivity contribution >= 4 is 44.7 Å². The molecule has 0 aromatic carbocycles. The topological polar surface area (TPSA) is 47.8 Å². The number of hydrogen-bond acceptors (Lipinski definition) is 6. The van der Waals surface area contributed by atoms with Gasteiger partial charge < -0.3 is 0 Å². The Morgan fingerprint density at radius 1 is 1.26 bits per heavy atom. The Labute approximate surface area is 141 Å². The average Bonchev–Trinajstić information content (AvgIpc) is 3.02. The van der Waals surface area contributed by atoms with Crippen molar-refractivity contribution in [2.45, 2.75) is 29.5 Å². The lowest BCUT2D eigenvalue weighted by Gasteiger charge is -2.05. The van der Waals surface area contributed by atoms with Crippen LogP contribution in [0.1, 0.15) is 16.1 Å². The molecule has 3 rings (SSSR count). The number of alkyl halides is 3. The molecule has 4 nitrogen and oxygen atoms in total. The fourth-order valence-corrected chi connectivity index (χ4v) is 4.80. The van der Waals surface area contributed by atoms with Crippen LogP contribution in [0.5, 0.6) is 0 Å². The monoisotopic (exact) mass is 377 g/mol. The van der Waals surface area contributed by atoms with Gasteiger partial charge in [0.15, 0.2) is 15.2 Å². The van der Waals surface area contributed by atoms with Gasteiger partial charge in [-0.1, -0.05) is 0 Å². The lowest BCUT2D eigenvalue weighted by atomic mass is 10.2. The van der Waals surface area contributed by atoms with Crippen LogP contribution in [-0.4, -0.2) is 14.5 Å². The van der Waals surface area contributed by atoms with Crippen molar-refractivity contribution in [3.8, 4) is 0 Å². The Bertz CT molecular complexity index is 955. The minimum absolute atomic E-state index is 0.198. The van der Waals surface area contributed by atoms with Gasteiger partial charge in [-0.3, -0.25) is 9.36 Å². The molecule has 0 spiro atoms. The van der Waals surface area contributed by atoms with Crippen molar-refractivity contribution in [3.63, 3.8) is 0 Å². The maximum atomic E-state index is 12.6.